The molecule has 0 bridgehead atoms. The molecular formula is C17H16F2N2O4. The predicted octanol–water partition coefficient (Wildman–Crippen LogP) is 2.70. The molecule has 2 rings (SSSR count). The van der Waals surface area contributed by atoms with Gasteiger partial charge in [-0.2, -0.15) is 0 Å². The minimum atomic E-state index is -1.32. The maximum atomic E-state index is 13.9. The molecule has 6 N–H and O–H groups in total. The van der Waals surface area contributed by atoms with E-state index in [1.54, 1.807) is 0 Å². The van der Waals surface area contributed by atoms with Crippen LogP contribution in [0.25, 0.3) is 0 Å². The van der Waals surface area contributed by atoms with Crippen molar-refractivity contribution in [3.05, 3.63) is 58.2 Å². The van der Waals surface area contributed by atoms with Crippen molar-refractivity contribution in [1.29, 1.82) is 0 Å². The average Bonchev–Trinajstić information content (AvgIpc) is 2.52. The zero-order valence-electron chi connectivity index (χ0n) is 13.1. The van der Waals surface area contributed by atoms with Gasteiger partial charge in [-0.15, -0.1) is 0 Å². The molecule has 132 valence electrons. The number of aromatic carboxylic acids is 2. The van der Waals surface area contributed by atoms with Crippen LogP contribution in [0, 0.1) is 11.6 Å². The molecule has 0 aliphatic heterocycles. The smallest absolute Gasteiger partial charge is 0.337 e. The largest absolute Gasteiger partial charge is 0.478 e. The summed E-state index contributed by atoms with van der Waals surface area (Å²) in [4.78, 5) is 21.8. The van der Waals surface area contributed by atoms with Gasteiger partial charge < -0.3 is 21.7 Å². The predicted molar refractivity (Wildman–Crippen MR) is 87.6 cm³/mol. The van der Waals surface area contributed by atoms with Crippen molar-refractivity contribution in [2.45, 2.75) is 19.3 Å². The molecule has 0 aliphatic rings. The molecule has 0 atom stereocenters. The minimum absolute atomic E-state index is 0.0508. The Morgan fingerprint density at radius 3 is 1.48 bits per heavy atom. The van der Waals surface area contributed by atoms with Gasteiger partial charge in [-0.1, -0.05) is 0 Å². The highest BCUT2D eigenvalue weighted by molar-refractivity contribution is 5.94. The zero-order valence-corrected chi connectivity index (χ0v) is 13.1. The highest BCUT2D eigenvalue weighted by Gasteiger charge is 2.15. The molecule has 0 unspecified atom stereocenters. The first-order valence-corrected chi connectivity index (χ1v) is 7.33. The number of anilines is 2. The van der Waals surface area contributed by atoms with Crippen LogP contribution in [-0.2, 0) is 12.8 Å². The lowest BCUT2D eigenvalue weighted by molar-refractivity contribution is 0.0686. The van der Waals surface area contributed by atoms with Gasteiger partial charge in [-0.25, -0.2) is 18.4 Å². The van der Waals surface area contributed by atoms with Crippen LogP contribution in [0.2, 0.25) is 0 Å². The van der Waals surface area contributed by atoms with E-state index in [2.05, 4.69) is 0 Å². The zero-order chi connectivity index (χ0) is 18.7. The number of rotatable bonds is 6. The standard InChI is InChI=1S/C17H16F2N2O4/c18-12-6-10(16(22)23)14(20)4-8(12)2-1-3-9-5-15(21)11(17(24)25)7-13(9)19/h4-7H,1-3,20-21H2,(H,22,23)(H,24,25). The van der Waals surface area contributed by atoms with Gasteiger partial charge in [0, 0.05) is 11.4 Å². The summed E-state index contributed by atoms with van der Waals surface area (Å²) in [6.45, 7) is 0. The number of nitrogen functional groups attached to an aromatic ring is 2. The number of carboxylic acid groups (broad SMARTS) is 2. The van der Waals surface area contributed by atoms with Crippen molar-refractivity contribution < 1.29 is 28.6 Å². The van der Waals surface area contributed by atoms with Crippen LogP contribution >= 0.6 is 0 Å². The Hall–Kier alpha value is -3.16. The summed E-state index contributed by atoms with van der Waals surface area (Å²) in [6.07, 6.45) is 0.747. The monoisotopic (exact) mass is 350 g/mol. The lowest BCUT2D eigenvalue weighted by Crippen LogP contribution is -2.07. The van der Waals surface area contributed by atoms with Crippen molar-refractivity contribution in [1.82, 2.24) is 0 Å². The van der Waals surface area contributed by atoms with E-state index >= 15 is 0 Å². The molecule has 0 saturated heterocycles. The average molecular weight is 350 g/mol. The van der Waals surface area contributed by atoms with Gasteiger partial charge in [0.15, 0.2) is 0 Å². The van der Waals surface area contributed by atoms with E-state index in [0.717, 1.165) is 12.1 Å². The summed E-state index contributed by atoms with van der Waals surface area (Å²) in [5, 5.41) is 17.8. The van der Waals surface area contributed by atoms with Crippen molar-refractivity contribution in [2.24, 2.45) is 0 Å². The van der Waals surface area contributed by atoms with Crippen LogP contribution in [0.15, 0.2) is 24.3 Å². The van der Waals surface area contributed by atoms with E-state index in [1.165, 1.54) is 12.1 Å². The molecular weight excluding hydrogens is 334 g/mol. The quantitative estimate of drug-likeness (QED) is 0.593. The molecule has 0 fully saturated rings. The van der Waals surface area contributed by atoms with Gasteiger partial charge in [-0.05, 0) is 54.7 Å². The Bertz CT molecular complexity index is 784. The molecule has 2 aromatic rings. The van der Waals surface area contributed by atoms with Crippen LogP contribution in [0.3, 0.4) is 0 Å². The molecule has 0 radical (unpaired) electrons. The Morgan fingerprint density at radius 2 is 1.16 bits per heavy atom. The fourth-order valence-electron chi connectivity index (χ4n) is 2.50. The van der Waals surface area contributed by atoms with Crippen LogP contribution in [0.5, 0.6) is 0 Å². The van der Waals surface area contributed by atoms with E-state index in [1.807, 2.05) is 0 Å². The first-order chi connectivity index (χ1) is 11.7. The fourth-order valence-corrected chi connectivity index (χ4v) is 2.50. The van der Waals surface area contributed by atoms with Gasteiger partial charge >= 0.3 is 11.9 Å². The van der Waals surface area contributed by atoms with Gasteiger partial charge in [0.05, 0.1) is 11.1 Å². The number of aryl methyl sites for hydroxylation is 2. The molecule has 0 spiro atoms. The number of hydrogen-bond donors (Lipinski definition) is 4. The van der Waals surface area contributed by atoms with Crippen molar-refractivity contribution in [2.75, 3.05) is 11.5 Å². The number of benzene rings is 2. The number of hydrogen-bond acceptors (Lipinski definition) is 4. The van der Waals surface area contributed by atoms with E-state index in [-0.39, 0.29) is 46.5 Å². The lowest BCUT2D eigenvalue weighted by Gasteiger charge is -2.09. The fraction of sp³-hybridized carbons (Fsp3) is 0.176. The normalized spacial score (nSPS) is 10.6. The van der Waals surface area contributed by atoms with Crippen molar-refractivity contribution in [3.63, 3.8) is 0 Å². The Kier molecular flexibility index (Phi) is 5.21. The van der Waals surface area contributed by atoms with E-state index in [0.29, 0.717) is 6.42 Å². The number of halogens is 2. The summed E-state index contributed by atoms with van der Waals surface area (Å²) in [5.74, 6) is -4.04. The van der Waals surface area contributed by atoms with E-state index in [9.17, 15) is 18.4 Å². The van der Waals surface area contributed by atoms with Gasteiger partial charge in [0.1, 0.15) is 11.6 Å². The maximum absolute atomic E-state index is 13.9. The molecule has 8 heteroatoms. The molecule has 2 aromatic carbocycles. The van der Waals surface area contributed by atoms with Crippen LogP contribution < -0.4 is 11.5 Å². The Balaban J connectivity index is 2.11. The topological polar surface area (TPSA) is 127 Å². The van der Waals surface area contributed by atoms with E-state index in [4.69, 9.17) is 21.7 Å². The molecule has 25 heavy (non-hydrogen) atoms. The highest BCUT2D eigenvalue weighted by atomic mass is 19.1. The molecule has 0 aromatic heterocycles. The van der Waals surface area contributed by atoms with Gasteiger partial charge in [-0.3, -0.25) is 0 Å². The van der Waals surface area contributed by atoms with Crippen LogP contribution in [0.4, 0.5) is 20.2 Å². The van der Waals surface area contributed by atoms with Crippen LogP contribution in [0.1, 0.15) is 38.3 Å². The Labute approximate surface area is 141 Å². The second-order valence-corrected chi connectivity index (χ2v) is 5.53. The van der Waals surface area contributed by atoms with Crippen molar-refractivity contribution in [3.8, 4) is 0 Å². The number of carbonyl (C=O) groups is 2. The Morgan fingerprint density at radius 1 is 0.800 bits per heavy atom. The first-order valence-electron chi connectivity index (χ1n) is 7.33. The summed E-state index contributed by atoms with van der Waals surface area (Å²) in [7, 11) is 0. The SMILES string of the molecule is Nc1cc(CCCc2cc(N)c(C(=O)O)cc2F)c(F)cc1C(=O)O. The second-order valence-electron chi connectivity index (χ2n) is 5.53. The summed E-state index contributed by atoms with van der Waals surface area (Å²) < 4.78 is 27.8. The minimum Gasteiger partial charge on any atom is -0.478 e. The van der Waals surface area contributed by atoms with Crippen LogP contribution in [-0.4, -0.2) is 22.2 Å². The summed E-state index contributed by atoms with van der Waals surface area (Å²) in [6, 6.07) is 4.20. The summed E-state index contributed by atoms with van der Waals surface area (Å²) >= 11 is 0. The number of carboxylic acids is 2. The lowest BCUT2D eigenvalue weighted by atomic mass is 9.99. The third kappa shape index (κ3) is 4.03. The third-order valence-corrected chi connectivity index (χ3v) is 3.79. The molecule has 0 aliphatic carbocycles. The molecule has 0 amide bonds. The van der Waals surface area contributed by atoms with E-state index < -0.39 is 23.6 Å². The second kappa shape index (κ2) is 7.16. The van der Waals surface area contributed by atoms with Gasteiger partial charge in [0.25, 0.3) is 0 Å². The van der Waals surface area contributed by atoms with Crippen molar-refractivity contribution >= 4 is 23.3 Å². The third-order valence-electron chi connectivity index (χ3n) is 3.79. The summed E-state index contributed by atoms with van der Waals surface area (Å²) in [5.41, 5.74) is 10.9. The van der Waals surface area contributed by atoms with Gasteiger partial charge in [0.2, 0.25) is 0 Å². The highest BCUT2D eigenvalue weighted by Crippen LogP contribution is 2.22. The number of nitrogens with two attached hydrogens (primary N) is 2. The molecule has 0 saturated carbocycles. The molecule has 6 nitrogen and oxygen atoms in total. The maximum Gasteiger partial charge on any atom is 0.337 e. The first kappa shape index (κ1) is 18.2. The molecule has 0 heterocycles.